The van der Waals surface area contributed by atoms with Crippen molar-refractivity contribution in [3.05, 3.63) is 24.5 Å². The summed E-state index contributed by atoms with van der Waals surface area (Å²) in [6.07, 6.45) is 6.34. The molecular formula is C17H30IN5O3S. The van der Waals surface area contributed by atoms with Gasteiger partial charge in [-0.25, -0.2) is 13.1 Å². The predicted octanol–water partition coefficient (Wildman–Crippen LogP) is 1.35. The van der Waals surface area contributed by atoms with Crippen molar-refractivity contribution in [2.45, 2.75) is 31.1 Å². The highest BCUT2D eigenvalue weighted by molar-refractivity contribution is 14.0. The van der Waals surface area contributed by atoms with Gasteiger partial charge in [0.05, 0.1) is 0 Å². The first-order valence-corrected chi connectivity index (χ1v) is 10.6. The smallest absolute Gasteiger partial charge is 0.242 e. The Balaban J connectivity index is 0.00000364. The normalized spacial score (nSPS) is 14.5. The molecule has 27 heavy (non-hydrogen) atoms. The van der Waals surface area contributed by atoms with Gasteiger partial charge in [0.1, 0.15) is 4.90 Å². The summed E-state index contributed by atoms with van der Waals surface area (Å²) in [5.41, 5.74) is 0. The van der Waals surface area contributed by atoms with E-state index in [9.17, 15) is 8.42 Å². The molecule has 0 atom stereocenters. The molecule has 0 aromatic carbocycles. The maximum atomic E-state index is 12.1. The zero-order chi connectivity index (χ0) is 18.7. The van der Waals surface area contributed by atoms with Crippen LogP contribution in [-0.4, -0.2) is 58.8 Å². The van der Waals surface area contributed by atoms with Gasteiger partial charge in [-0.3, -0.25) is 9.98 Å². The summed E-state index contributed by atoms with van der Waals surface area (Å²) >= 11 is 0. The number of nitrogens with zero attached hydrogens (tertiary/aromatic N) is 2. The Kier molecular flexibility index (Phi) is 11.8. The van der Waals surface area contributed by atoms with Gasteiger partial charge in [0.25, 0.3) is 0 Å². The molecule has 1 aromatic rings. The SMILES string of the molecule is CCNC(=NCCCOCC1CC1)NCCNS(=O)(=O)c1cccnc1.I. The van der Waals surface area contributed by atoms with Crippen LogP contribution in [0.1, 0.15) is 26.2 Å². The molecule has 10 heteroatoms. The van der Waals surface area contributed by atoms with Crippen LogP contribution in [0, 0.1) is 5.92 Å². The highest BCUT2D eigenvalue weighted by Crippen LogP contribution is 2.28. The molecule has 1 aliphatic rings. The van der Waals surface area contributed by atoms with Crippen LogP contribution in [0.25, 0.3) is 0 Å². The first-order chi connectivity index (χ1) is 12.6. The number of halogens is 1. The van der Waals surface area contributed by atoms with Crippen molar-refractivity contribution < 1.29 is 13.2 Å². The monoisotopic (exact) mass is 511 g/mol. The van der Waals surface area contributed by atoms with E-state index >= 15 is 0 Å². The van der Waals surface area contributed by atoms with Crippen molar-refractivity contribution in [2.24, 2.45) is 10.9 Å². The van der Waals surface area contributed by atoms with E-state index in [-0.39, 0.29) is 35.4 Å². The summed E-state index contributed by atoms with van der Waals surface area (Å²) in [4.78, 5) is 8.45. The van der Waals surface area contributed by atoms with E-state index in [1.807, 2.05) is 6.92 Å². The number of rotatable bonds is 12. The summed E-state index contributed by atoms with van der Waals surface area (Å²) in [6.45, 7) is 5.69. The maximum absolute atomic E-state index is 12.1. The zero-order valence-corrected chi connectivity index (χ0v) is 18.8. The average molecular weight is 511 g/mol. The molecule has 1 aliphatic carbocycles. The van der Waals surface area contributed by atoms with Crippen LogP contribution in [0.5, 0.6) is 0 Å². The fourth-order valence-electron chi connectivity index (χ4n) is 2.19. The summed E-state index contributed by atoms with van der Waals surface area (Å²) < 4.78 is 32.3. The molecule has 0 saturated heterocycles. The summed E-state index contributed by atoms with van der Waals surface area (Å²) in [5, 5.41) is 6.26. The quantitative estimate of drug-likeness (QED) is 0.169. The van der Waals surface area contributed by atoms with Crippen LogP contribution in [0.2, 0.25) is 0 Å². The number of nitrogens with one attached hydrogen (secondary N) is 3. The zero-order valence-electron chi connectivity index (χ0n) is 15.7. The van der Waals surface area contributed by atoms with Crippen molar-refractivity contribution in [1.29, 1.82) is 0 Å². The Hall–Kier alpha value is -0.980. The molecule has 0 amide bonds. The average Bonchev–Trinajstić information content (AvgIpc) is 3.46. The number of aromatic nitrogens is 1. The molecule has 2 rings (SSSR count). The van der Waals surface area contributed by atoms with Crippen molar-refractivity contribution in [3.8, 4) is 0 Å². The number of sulfonamides is 1. The third-order valence-electron chi connectivity index (χ3n) is 3.77. The predicted molar refractivity (Wildman–Crippen MR) is 117 cm³/mol. The Labute approximate surface area is 179 Å². The molecule has 0 radical (unpaired) electrons. The van der Waals surface area contributed by atoms with Gasteiger partial charge in [-0.15, -0.1) is 24.0 Å². The molecule has 8 nitrogen and oxygen atoms in total. The van der Waals surface area contributed by atoms with Gasteiger partial charge in [0, 0.05) is 51.8 Å². The van der Waals surface area contributed by atoms with E-state index in [1.54, 1.807) is 6.07 Å². The molecular weight excluding hydrogens is 481 g/mol. The minimum atomic E-state index is -3.53. The lowest BCUT2D eigenvalue weighted by atomic mass is 10.4. The summed E-state index contributed by atoms with van der Waals surface area (Å²) in [5.74, 6) is 1.46. The van der Waals surface area contributed by atoms with Crippen molar-refractivity contribution in [3.63, 3.8) is 0 Å². The van der Waals surface area contributed by atoms with Crippen LogP contribution in [-0.2, 0) is 14.8 Å². The van der Waals surface area contributed by atoms with Gasteiger partial charge in [-0.1, -0.05) is 0 Å². The van der Waals surface area contributed by atoms with E-state index in [4.69, 9.17) is 4.74 Å². The molecule has 154 valence electrons. The molecule has 0 spiro atoms. The second kappa shape index (κ2) is 13.2. The molecule has 1 fully saturated rings. The van der Waals surface area contributed by atoms with Crippen LogP contribution < -0.4 is 15.4 Å². The first kappa shape index (κ1) is 24.1. The third-order valence-corrected chi connectivity index (χ3v) is 5.21. The topological polar surface area (TPSA) is 105 Å². The number of pyridine rings is 1. The Bertz CT molecular complexity index is 654. The number of guanidine groups is 1. The second-order valence-corrected chi connectivity index (χ2v) is 7.91. The highest BCUT2D eigenvalue weighted by Gasteiger charge is 2.20. The lowest BCUT2D eigenvalue weighted by molar-refractivity contribution is 0.123. The van der Waals surface area contributed by atoms with E-state index in [0.29, 0.717) is 19.0 Å². The molecule has 1 heterocycles. The Morgan fingerprint density at radius 2 is 2.15 bits per heavy atom. The van der Waals surface area contributed by atoms with Gasteiger partial charge < -0.3 is 15.4 Å². The van der Waals surface area contributed by atoms with E-state index in [2.05, 4.69) is 25.3 Å². The molecule has 0 unspecified atom stereocenters. The summed E-state index contributed by atoms with van der Waals surface area (Å²) in [6, 6.07) is 3.11. The molecule has 1 saturated carbocycles. The largest absolute Gasteiger partial charge is 0.381 e. The van der Waals surface area contributed by atoms with E-state index < -0.39 is 10.0 Å². The van der Waals surface area contributed by atoms with Gasteiger partial charge in [0.2, 0.25) is 10.0 Å². The van der Waals surface area contributed by atoms with Crippen molar-refractivity contribution >= 4 is 40.0 Å². The Morgan fingerprint density at radius 1 is 1.33 bits per heavy atom. The van der Waals surface area contributed by atoms with Crippen molar-refractivity contribution in [1.82, 2.24) is 20.3 Å². The minimum Gasteiger partial charge on any atom is -0.381 e. The van der Waals surface area contributed by atoms with Crippen LogP contribution >= 0.6 is 24.0 Å². The number of hydrogen-bond acceptors (Lipinski definition) is 5. The van der Waals surface area contributed by atoms with Crippen LogP contribution in [0.15, 0.2) is 34.4 Å². The van der Waals surface area contributed by atoms with Crippen LogP contribution in [0.4, 0.5) is 0 Å². The second-order valence-electron chi connectivity index (χ2n) is 6.15. The van der Waals surface area contributed by atoms with Gasteiger partial charge in [-0.2, -0.15) is 0 Å². The number of hydrogen-bond donors (Lipinski definition) is 3. The summed E-state index contributed by atoms with van der Waals surface area (Å²) in [7, 11) is -3.53. The minimum absolute atomic E-state index is 0. The van der Waals surface area contributed by atoms with Crippen molar-refractivity contribution in [2.75, 3.05) is 39.4 Å². The van der Waals surface area contributed by atoms with Gasteiger partial charge >= 0.3 is 0 Å². The van der Waals surface area contributed by atoms with Gasteiger partial charge in [-0.05, 0) is 44.2 Å². The lowest BCUT2D eigenvalue weighted by Gasteiger charge is -2.12. The van der Waals surface area contributed by atoms with Crippen LogP contribution in [0.3, 0.4) is 0 Å². The molecule has 0 aliphatic heterocycles. The Morgan fingerprint density at radius 3 is 2.81 bits per heavy atom. The molecule has 0 bridgehead atoms. The van der Waals surface area contributed by atoms with E-state index in [0.717, 1.165) is 32.1 Å². The fraction of sp³-hybridized carbons (Fsp3) is 0.647. The molecule has 1 aromatic heterocycles. The van der Waals surface area contributed by atoms with E-state index in [1.165, 1.54) is 31.3 Å². The fourth-order valence-corrected chi connectivity index (χ4v) is 3.18. The maximum Gasteiger partial charge on any atom is 0.242 e. The number of ether oxygens (including phenoxy) is 1. The highest BCUT2D eigenvalue weighted by atomic mass is 127. The van der Waals surface area contributed by atoms with Gasteiger partial charge in [0.15, 0.2) is 5.96 Å². The lowest BCUT2D eigenvalue weighted by Crippen LogP contribution is -2.41. The molecule has 3 N–H and O–H groups in total. The standard InChI is InChI=1S/C17H29N5O3S.HI/c1-2-19-17(20-9-4-12-25-14-15-6-7-15)21-10-11-22-26(23,24)16-5-3-8-18-13-16;/h3,5,8,13,15,22H,2,4,6-7,9-12,14H2,1H3,(H2,19,20,21);1H. The third kappa shape index (κ3) is 10.2. The number of aliphatic imine (C=N–C) groups is 1. The first-order valence-electron chi connectivity index (χ1n) is 9.11.